The average molecular weight is 486 g/mol. The molecule has 13 nitrogen and oxygen atoms in total. The van der Waals surface area contributed by atoms with Gasteiger partial charge in [-0.1, -0.05) is 0 Å². The molecule has 1 aromatic heterocycles. The van der Waals surface area contributed by atoms with Gasteiger partial charge in [0.05, 0.1) is 26.9 Å². The molecule has 0 amide bonds. The van der Waals surface area contributed by atoms with Gasteiger partial charge in [0, 0.05) is 17.5 Å². The lowest BCUT2D eigenvalue weighted by Crippen LogP contribution is -2.60. The zero-order valence-corrected chi connectivity index (χ0v) is 18.0. The second-order valence-electron chi connectivity index (χ2n) is 8.15. The van der Waals surface area contributed by atoms with E-state index in [0.717, 1.165) is 0 Å². The van der Waals surface area contributed by atoms with E-state index in [1.807, 2.05) is 0 Å². The largest absolute Gasteiger partial charge is 0.493 e. The maximum Gasteiger partial charge on any atom is 0.336 e. The number of ether oxygens (including phenoxy) is 5. The van der Waals surface area contributed by atoms with Crippen molar-refractivity contribution in [1.29, 1.82) is 0 Å². The molecule has 8 atom stereocenters. The Labute approximate surface area is 192 Å². The van der Waals surface area contributed by atoms with Crippen LogP contribution >= 0.6 is 0 Å². The Bertz CT molecular complexity index is 1060. The fourth-order valence-electron chi connectivity index (χ4n) is 3.73. The summed E-state index contributed by atoms with van der Waals surface area (Å²) in [5.41, 5.74) is -2.31. The topological polar surface area (TPSA) is 198 Å². The summed E-state index contributed by atoms with van der Waals surface area (Å²) in [6.45, 7) is -1.57. The first-order chi connectivity index (χ1) is 16.2. The zero-order valence-electron chi connectivity index (χ0n) is 18.0. The highest BCUT2D eigenvalue weighted by Crippen LogP contribution is 2.35. The smallest absolute Gasteiger partial charge is 0.336 e. The van der Waals surface area contributed by atoms with Crippen LogP contribution in [0.15, 0.2) is 33.5 Å². The van der Waals surface area contributed by atoms with Crippen LogP contribution in [0, 0.1) is 0 Å². The molecule has 2 aliphatic heterocycles. The third kappa shape index (κ3) is 4.62. The SMILES string of the molecule is COc1cc2ccc(=O)oc2cc1OC1OC(COC2OCC(O)(CO)C2O)C(O)C(O)C1O. The van der Waals surface area contributed by atoms with Crippen molar-refractivity contribution in [3.63, 3.8) is 0 Å². The maximum atomic E-state index is 11.5. The van der Waals surface area contributed by atoms with E-state index in [0.29, 0.717) is 5.39 Å². The summed E-state index contributed by atoms with van der Waals surface area (Å²) < 4.78 is 32.2. The van der Waals surface area contributed by atoms with Crippen LogP contribution in [0.25, 0.3) is 11.0 Å². The number of rotatable bonds is 7. The number of aliphatic hydroxyl groups is 6. The molecule has 6 N–H and O–H groups in total. The predicted octanol–water partition coefficient (Wildman–Crippen LogP) is -2.55. The molecular weight excluding hydrogens is 460 g/mol. The lowest BCUT2D eigenvalue weighted by molar-refractivity contribution is -0.289. The fraction of sp³-hybridized carbons (Fsp3) is 0.571. The summed E-state index contributed by atoms with van der Waals surface area (Å²) in [4.78, 5) is 11.5. The van der Waals surface area contributed by atoms with Crippen LogP contribution in [0.1, 0.15) is 0 Å². The minimum absolute atomic E-state index is 0.0271. The number of aliphatic hydroxyl groups excluding tert-OH is 5. The van der Waals surface area contributed by atoms with Gasteiger partial charge in [-0.05, 0) is 12.1 Å². The van der Waals surface area contributed by atoms with Crippen molar-refractivity contribution in [2.75, 3.05) is 26.9 Å². The third-order valence-corrected chi connectivity index (χ3v) is 5.82. The van der Waals surface area contributed by atoms with E-state index in [1.54, 1.807) is 0 Å². The molecule has 13 heteroatoms. The minimum Gasteiger partial charge on any atom is -0.493 e. The highest BCUT2D eigenvalue weighted by Gasteiger charge is 2.50. The second-order valence-corrected chi connectivity index (χ2v) is 8.15. The third-order valence-electron chi connectivity index (χ3n) is 5.82. The predicted molar refractivity (Wildman–Crippen MR) is 110 cm³/mol. The molecule has 2 saturated heterocycles. The van der Waals surface area contributed by atoms with E-state index in [-0.39, 0.29) is 23.7 Å². The molecule has 0 spiro atoms. The minimum atomic E-state index is -1.90. The normalized spacial score (nSPS) is 36.0. The quantitative estimate of drug-likeness (QED) is 0.224. The van der Waals surface area contributed by atoms with Gasteiger partial charge in [-0.3, -0.25) is 0 Å². The van der Waals surface area contributed by atoms with Crippen LogP contribution < -0.4 is 15.1 Å². The van der Waals surface area contributed by atoms with Gasteiger partial charge < -0.3 is 58.7 Å². The maximum absolute atomic E-state index is 11.5. The summed E-state index contributed by atoms with van der Waals surface area (Å²) >= 11 is 0. The summed E-state index contributed by atoms with van der Waals surface area (Å²) in [5.74, 6) is 0.246. The molecule has 8 unspecified atom stereocenters. The number of benzene rings is 1. The lowest BCUT2D eigenvalue weighted by atomic mass is 9.99. The van der Waals surface area contributed by atoms with Gasteiger partial charge in [0.25, 0.3) is 0 Å². The second kappa shape index (κ2) is 9.73. The van der Waals surface area contributed by atoms with Crippen LogP contribution in [0.2, 0.25) is 0 Å². The molecule has 0 aliphatic carbocycles. The Balaban J connectivity index is 1.50. The van der Waals surface area contributed by atoms with Gasteiger partial charge in [0.15, 0.2) is 17.8 Å². The van der Waals surface area contributed by atoms with Crippen molar-refractivity contribution in [1.82, 2.24) is 0 Å². The summed E-state index contributed by atoms with van der Waals surface area (Å²) in [6, 6.07) is 5.66. The van der Waals surface area contributed by atoms with E-state index in [4.69, 9.17) is 28.1 Å². The van der Waals surface area contributed by atoms with Gasteiger partial charge in [-0.2, -0.15) is 0 Å². The molecule has 0 radical (unpaired) electrons. The van der Waals surface area contributed by atoms with E-state index < -0.39 is 67.5 Å². The average Bonchev–Trinajstić information content (AvgIpc) is 3.12. The van der Waals surface area contributed by atoms with Crippen molar-refractivity contribution in [3.05, 3.63) is 34.7 Å². The number of methoxy groups -OCH3 is 1. The Morgan fingerprint density at radius 2 is 1.82 bits per heavy atom. The van der Waals surface area contributed by atoms with E-state index in [9.17, 15) is 35.4 Å². The first-order valence-electron chi connectivity index (χ1n) is 10.4. The van der Waals surface area contributed by atoms with Gasteiger partial charge >= 0.3 is 5.63 Å². The monoisotopic (exact) mass is 486 g/mol. The zero-order chi connectivity index (χ0) is 24.6. The van der Waals surface area contributed by atoms with E-state index in [2.05, 4.69) is 0 Å². The molecule has 4 rings (SSSR count). The van der Waals surface area contributed by atoms with Crippen LogP contribution in [-0.4, -0.2) is 106 Å². The number of fused-ring (bicyclic) bond motifs is 1. The Hall–Kier alpha value is -2.33. The standard InChI is InChI=1S/C21H26O13/c1-29-11-4-9-2-3-14(23)32-10(9)5-12(11)33-19-17(26)16(25)15(24)13(34-19)6-30-20-18(27)21(28,7-22)8-31-20/h2-5,13,15-20,22,24-28H,6-8H2,1H3. The lowest BCUT2D eigenvalue weighted by Gasteiger charge is -2.40. The summed E-state index contributed by atoms with van der Waals surface area (Å²) in [6.07, 6.45) is -10.6. The first kappa shape index (κ1) is 24.8. The highest BCUT2D eigenvalue weighted by molar-refractivity contribution is 5.80. The molecule has 2 aliphatic rings. The van der Waals surface area contributed by atoms with Crippen LogP contribution in [0.5, 0.6) is 11.5 Å². The van der Waals surface area contributed by atoms with Gasteiger partial charge in [-0.25, -0.2) is 4.79 Å². The van der Waals surface area contributed by atoms with Gasteiger partial charge in [0.2, 0.25) is 6.29 Å². The molecule has 1 aromatic carbocycles. The molecule has 34 heavy (non-hydrogen) atoms. The van der Waals surface area contributed by atoms with Crippen molar-refractivity contribution in [2.45, 2.75) is 48.7 Å². The highest BCUT2D eigenvalue weighted by atomic mass is 16.7. The molecule has 3 heterocycles. The Morgan fingerprint density at radius 1 is 1.06 bits per heavy atom. The van der Waals surface area contributed by atoms with Crippen molar-refractivity contribution < 1.29 is 58.7 Å². The van der Waals surface area contributed by atoms with E-state index in [1.165, 1.54) is 31.4 Å². The van der Waals surface area contributed by atoms with Crippen LogP contribution in [0.3, 0.4) is 0 Å². The van der Waals surface area contributed by atoms with Gasteiger partial charge in [0.1, 0.15) is 41.7 Å². The summed E-state index contributed by atoms with van der Waals surface area (Å²) in [7, 11) is 1.38. The molecule has 188 valence electrons. The van der Waals surface area contributed by atoms with Crippen molar-refractivity contribution >= 4 is 11.0 Å². The Kier molecular flexibility index (Phi) is 7.09. The van der Waals surface area contributed by atoms with Gasteiger partial charge in [-0.15, -0.1) is 0 Å². The first-order valence-corrected chi connectivity index (χ1v) is 10.4. The van der Waals surface area contributed by atoms with Crippen molar-refractivity contribution in [3.8, 4) is 11.5 Å². The number of hydrogen-bond acceptors (Lipinski definition) is 13. The molecule has 2 aromatic rings. The van der Waals surface area contributed by atoms with Crippen molar-refractivity contribution in [2.24, 2.45) is 0 Å². The number of hydrogen-bond donors (Lipinski definition) is 6. The van der Waals surface area contributed by atoms with Crippen LogP contribution in [-0.2, 0) is 14.2 Å². The molecule has 0 saturated carbocycles. The molecular formula is C21H26O13. The van der Waals surface area contributed by atoms with E-state index >= 15 is 0 Å². The molecule has 0 bridgehead atoms. The Morgan fingerprint density at radius 3 is 2.50 bits per heavy atom. The summed E-state index contributed by atoms with van der Waals surface area (Å²) in [5, 5.41) is 60.9. The fourth-order valence-corrected chi connectivity index (χ4v) is 3.73. The molecule has 2 fully saturated rings. The van der Waals surface area contributed by atoms with Crippen LogP contribution in [0.4, 0.5) is 0 Å².